The Labute approximate surface area is 155 Å². The van der Waals surface area contributed by atoms with E-state index in [1.165, 1.54) is 17.3 Å². The van der Waals surface area contributed by atoms with Crippen LogP contribution in [0.15, 0.2) is 30.5 Å². The Morgan fingerprint density at radius 1 is 1.07 bits per heavy atom. The van der Waals surface area contributed by atoms with E-state index in [4.69, 9.17) is 4.74 Å². The largest absolute Gasteiger partial charge is 0.493 e. The van der Waals surface area contributed by atoms with E-state index in [2.05, 4.69) is 27.0 Å². The number of aromatic nitrogens is 2. The van der Waals surface area contributed by atoms with Gasteiger partial charge >= 0.3 is 6.18 Å². The van der Waals surface area contributed by atoms with Crippen LogP contribution >= 0.6 is 0 Å². The van der Waals surface area contributed by atoms with Crippen LogP contribution in [-0.4, -0.2) is 54.2 Å². The molecule has 0 aliphatic carbocycles. The molecule has 144 valence electrons. The number of hydrogen-bond donors (Lipinski definition) is 0. The van der Waals surface area contributed by atoms with Gasteiger partial charge in [-0.05, 0) is 29.7 Å². The van der Waals surface area contributed by atoms with Gasteiger partial charge in [0.05, 0.1) is 6.61 Å². The van der Waals surface area contributed by atoms with Crippen molar-refractivity contribution in [2.45, 2.75) is 19.0 Å². The van der Waals surface area contributed by atoms with E-state index in [0.717, 1.165) is 50.9 Å². The van der Waals surface area contributed by atoms with Gasteiger partial charge in [-0.2, -0.15) is 13.2 Å². The summed E-state index contributed by atoms with van der Waals surface area (Å²) in [4.78, 5) is 11.8. The number of anilines is 1. The fourth-order valence-corrected chi connectivity index (χ4v) is 3.51. The average Bonchev–Trinajstić information content (AvgIpc) is 3.14. The quantitative estimate of drug-likeness (QED) is 0.819. The Balaban J connectivity index is 1.30. The molecule has 8 heteroatoms. The lowest BCUT2D eigenvalue weighted by molar-refractivity contribution is -0.141. The first-order valence-corrected chi connectivity index (χ1v) is 9.11. The molecule has 1 aromatic heterocycles. The van der Waals surface area contributed by atoms with E-state index in [-0.39, 0.29) is 5.95 Å². The molecule has 1 aromatic carbocycles. The normalized spacial score (nSPS) is 17.7. The molecule has 0 N–H and O–H groups in total. The second-order valence-corrected chi connectivity index (χ2v) is 6.86. The summed E-state index contributed by atoms with van der Waals surface area (Å²) in [5.74, 6) is 1.15. The molecule has 3 heterocycles. The molecule has 0 radical (unpaired) electrons. The fraction of sp³-hybridized carbons (Fsp3) is 0.474. The molecule has 4 rings (SSSR count). The Morgan fingerprint density at radius 3 is 2.67 bits per heavy atom. The van der Waals surface area contributed by atoms with Crippen LogP contribution in [0.5, 0.6) is 5.75 Å². The summed E-state index contributed by atoms with van der Waals surface area (Å²) >= 11 is 0. The van der Waals surface area contributed by atoms with Gasteiger partial charge < -0.3 is 9.64 Å². The molecular formula is C19H21F3N4O. The lowest BCUT2D eigenvalue weighted by Gasteiger charge is -2.34. The smallest absolute Gasteiger partial charge is 0.433 e. The number of hydrogen-bond acceptors (Lipinski definition) is 5. The van der Waals surface area contributed by atoms with Crippen molar-refractivity contribution < 1.29 is 17.9 Å². The summed E-state index contributed by atoms with van der Waals surface area (Å²) in [6.45, 7) is 4.51. The molecule has 0 amide bonds. The van der Waals surface area contributed by atoms with E-state index >= 15 is 0 Å². The first-order chi connectivity index (χ1) is 13.0. The summed E-state index contributed by atoms with van der Waals surface area (Å²) < 4.78 is 44.0. The minimum absolute atomic E-state index is 0.156. The molecule has 0 bridgehead atoms. The van der Waals surface area contributed by atoms with E-state index in [9.17, 15) is 13.2 Å². The zero-order valence-corrected chi connectivity index (χ0v) is 14.9. The van der Waals surface area contributed by atoms with Gasteiger partial charge in [0.2, 0.25) is 5.95 Å². The van der Waals surface area contributed by atoms with Crippen molar-refractivity contribution in [2.75, 3.05) is 44.2 Å². The van der Waals surface area contributed by atoms with Gasteiger partial charge in [-0.1, -0.05) is 12.1 Å². The number of piperazine rings is 1. The molecule has 2 aliphatic heterocycles. The summed E-state index contributed by atoms with van der Waals surface area (Å²) in [6, 6.07) is 7.27. The third kappa shape index (κ3) is 4.16. The number of nitrogens with zero attached hydrogens (tertiary/aromatic N) is 4. The van der Waals surface area contributed by atoms with Crippen molar-refractivity contribution >= 4 is 5.95 Å². The molecule has 0 atom stereocenters. The topological polar surface area (TPSA) is 41.5 Å². The number of alkyl halides is 3. The zero-order chi connectivity index (χ0) is 18.9. The van der Waals surface area contributed by atoms with Crippen LogP contribution in [-0.2, 0) is 19.0 Å². The highest BCUT2D eigenvalue weighted by Crippen LogP contribution is 2.28. The van der Waals surface area contributed by atoms with Gasteiger partial charge in [-0.3, -0.25) is 4.90 Å². The number of fused-ring (bicyclic) bond motifs is 1. The van der Waals surface area contributed by atoms with Crippen molar-refractivity contribution in [3.8, 4) is 5.75 Å². The summed E-state index contributed by atoms with van der Waals surface area (Å²) in [5, 5.41) is 0. The molecule has 1 saturated heterocycles. The molecule has 2 aliphatic rings. The van der Waals surface area contributed by atoms with Crippen molar-refractivity contribution in [1.29, 1.82) is 0 Å². The molecule has 5 nitrogen and oxygen atoms in total. The Kier molecular flexibility index (Phi) is 4.90. The first kappa shape index (κ1) is 18.0. The predicted octanol–water partition coefficient (Wildman–Crippen LogP) is 2.80. The maximum absolute atomic E-state index is 12.8. The minimum Gasteiger partial charge on any atom is -0.493 e. The highest BCUT2D eigenvalue weighted by molar-refractivity contribution is 5.40. The van der Waals surface area contributed by atoms with Crippen LogP contribution in [0.3, 0.4) is 0 Å². The maximum Gasteiger partial charge on any atom is 0.433 e. The highest BCUT2D eigenvalue weighted by atomic mass is 19.4. The Morgan fingerprint density at radius 2 is 1.89 bits per heavy atom. The van der Waals surface area contributed by atoms with Crippen molar-refractivity contribution in [3.05, 3.63) is 47.3 Å². The molecule has 0 unspecified atom stereocenters. The van der Waals surface area contributed by atoms with Gasteiger partial charge in [-0.25, -0.2) is 9.97 Å². The van der Waals surface area contributed by atoms with Crippen LogP contribution in [0, 0.1) is 0 Å². The van der Waals surface area contributed by atoms with Gasteiger partial charge in [0, 0.05) is 45.3 Å². The third-order valence-corrected chi connectivity index (χ3v) is 5.06. The van der Waals surface area contributed by atoms with Gasteiger partial charge in [-0.15, -0.1) is 0 Å². The lowest BCUT2D eigenvalue weighted by atomic mass is 10.1. The highest BCUT2D eigenvalue weighted by Gasteiger charge is 2.33. The van der Waals surface area contributed by atoms with E-state index in [0.29, 0.717) is 13.1 Å². The van der Waals surface area contributed by atoms with Crippen molar-refractivity contribution in [2.24, 2.45) is 0 Å². The molecule has 1 fully saturated rings. The summed E-state index contributed by atoms with van der Waals surface area (Å²) in [7, 11) is 0. The van der Waals surface area contributed by atoms with Crippen molar-refractivity contribution in [3.63, 3.8) is 0 Å². The summed E-state index contributed by atoms with van der Waals surface area (Å²) in [5.41, 5.74) is 1.68. The second kappa shape index (κ2) is 7.34. The number of ether oxygens (including phenoxy) is 1. The molecule has 0 saturated carbocycles. The molecule has 2 aromatic rings. The second-order valence-electron chi connectivity index (χ2n) is 6.86. The Hall–Kier alpha value is -2.35. The third-order valence-electron chi connectivity index (χ3n) is 5.06. The van der Waals surface area contributed by atoms with Gasteiger partial charge in [0.15, 0.2) is 0 Å². The Bertz CT molecular complexity index is 804. The van der Waals surface area contributed by atoms with Gasteiger partial charge in [0.25, 0.3) is 0 Å². The predicted molar refractivity (Wildman–Crippen MR) is 95.0 cm³/mol. The molecule has 0 spiro atoms. The van der Waals surface area contributed by atoms with Gasteiger partial charge in [0.1, 0.15) is 11.4 Å². The SMILES string of the molecule is FC(F)(F)c1ccnc(N2CCN(CCc3ccc4c(c3)CCO4)CC2)n1. The van der Waals surface area contributed by atoms with Crippen molar-refractivity contribution in [1.82, 2.24) is 14.9 Å². The molecular weight excluding hydrogens is 357 g/mol. The van der Waals surface area contributed by atoms with E-state index in [1.54, 1.807) is 0 Å². The molecule has 27 heavy (non-hydrogen) atoms. The standard InChI is InChI=1S/C19H21F3N4O/c20-19(21,22)17-3-6-23-18(24-17)26-10-8-25(9-11-26)7-4-14-1-2-16-15(13-14)5-12-27-16/h1-3,6,13H,4-5,7-12H2. The lowest BCUT2D eigenvalue weighted by Crippen LogP contribution is -2.47. The number of halogens is 3. The van der Waals surface area contributed by atoms with E-state index in [1.807, 2.05) is 11.0 Å². The zero-order valence-electron chi connectivity index (χ0n) is 14.9. The van der Waals surface area contributed by atoms with Crippen LogP contribution in [0.4, 0.5) is 19.1 Å². The first-order valence-electron chi connectivity index (χ1n) is 9.11. The van der Waals surface area contributed by atoms with Crippen LogP contribution in [0.2, 0.25) is 0 Å². The van der Waals surface area contributed by atoms with Crippen LogP contribution in [0.25, 0.3) is 0 Å². The summed E-state index contributed by atoms with van der Waals surface area (Å²) in [6.07, 6.45) is -1.35. The fourth-order valence-electron chi connectivity index (χ4n) is 3.51. The van der Waals surface area contributed by atoms with Crippen LogP contribution < -0.4 is 9.64 Å². The van der Waals surface area contributed by atoms with Crippen LogP contribution in [0.1, 0.15) is 16.8 Å². The monoisotopic (exact) mass is 378 g/mol. The number of benzene rings is 1. The maximum atomic E-state index is 12.8. The minimum atomic E-state index is -4.44. The average molecular weight is 378 g/mol. The van der Waals surface area contributed by atoms with E-state index < -0.39 is 11.9 Å². The number of rotatable bonds is 4.